The molecular formula is C84H90BN3Si. The van der Waals surface area contributed by atoms with Crippen LogP contribution < -0.4 is 46.9 Å². The zero-order valence-electron chi connectivity index (χ0n) is 55.7. The van der Waals surface area contributed by atoms with Gasteiger partial charge in [0.1, 0.15) is 0 Å². The van der Waals surface area contributed by atoms with Gasteiger partial charge in [-0.1, -0.05) is 249 Å². The van der Waals surface area contributed by atoms with Crippen LogP contribution in [0.3, 0.4) is 0 Å². The molecule has 0 N–H and O–H groups in total. The summed E-state index contributed by atoms with van der Waals surface area (Å²) in [6.45, 7) is 35.3. The summed E-state index contributed by atoms with van der Waals surface area (Å²) in [5.74, 6) is 0. The Bertz CT molecular complexity index is 4290. The van der Waals surface area contributed by atoms with Crippen molar-refractivity contribution in [3.8, 4) is 5.69 Å². The molecule has 0 radical (unpaired) electrons. The van der Waals surface area contributed by atoms with Gasteiger partial charge in [-0.05, 0) is 197 Å². The third-order valence-electron chi connectivity index (χ3n) is 20.2. The molecule has 10 aromatic carbocycles. The predicted molar refractivity (Wildman–Crippen MR) is 391 cm³/mol. The van der Waals surface area contributed by atoms with Crippen molar-refractivity contribution in [3.05, 3.63) is 250 Å². The van der Waals surface area contributed by atoms with E-state index in [9.17, 15) is 0 Å². The van der Waals surface area contributed by atoms with E-state index in [0.717, 1.165) is 38.5 Å². The maximum Gasteiger partial charge on any atom is 0.252 e. The highest BCUT2D eigenvalue weighted by molar-refractivity contribution is 7.20. The van der Waals surface area contributed by atoms with Gasteiger partial charge in [0.2, 0.25) is 0 Å². The van der Waals surface area contributed by atoms with Crippen LogP contribution in [-0.4, -0.2) is 19.4 Å². The van der Waals surface area contributed by atoms with Crippen molar-refractivity contribution in [3.63, 3.8) is 0 Å². The van der Waals surface area contributed by atoms with Crippen LogP contribution in [0.2, 0.25) is 0 Å². The highest BCUT2D eigenvalue weighted by atomic mass is 28.3. The minimum absolute atomic E-state index is 0.0115. The topological polar surface area (TPSA) is 11.4 Å². The standard InChI is InChI=1S/C84H90BN3Si/c1-16-55-45-57(18-3)80(58(19-4)46-55)87-75-44-40-68(89(65-31-25-22-26-32-65,66-33-27-23-28-34-66)67-35-29-24-30-36-67)54-72(75)85-71-41-39-64(86-73-42-37-61(82(7,8)9)49-69(73)70-50-62(83(10,11)12)38-43-74(70)86)53-76(71)88(78-52-63(84(13,14)15)51-77(87)79(78)85)81-59(20-5)47-56(17-2)48-60(81)21-6/h22-54H,16-21H2,1-15H3. The van der Waals surface area contributed by atoms with Gasteiger partial charge in [-0.3, -0.25) is 0 Å². The van der Waals surface area contributed by atoms with Gasteiger partial charge in [0.25, 0.3) is 6.71 Å². The van der Waals surface area contributed by atoms with E-state index in [0.29, 0.717) is 0 Å². The zero-order chi connectivity index (χ0) is 62.5. The van der Waals surface area contributed by atoms with Crippen LogP contribution in [0.1, 0.15) is 154 Å². The molecule has 0 unspecified atom stereocenters. The van der Waals surface area contributed by atoms with E-state index in [1.807, 2.05) is 0 Å². The number of rotatable bonds is 13. The van der Waals surface area contributed by atoms with Crippen molar-refractivity contribution in [2.24, 2.45) is 0 Å². The van der Waals surface area contributed by atoms with Crippen molar-refractivity contribution in [2.45, 2.75) is 159 Å². The molecule has 0 saturated carbocycles. The molecule has 0 saturated heterocycles. The first-order valence-corrected chi connectivity index (χ1v) is 35.4. The lowest BCUT2D eigenvalue weighted by molar-refractivity contribution is 0.590. The number of hydrogen-bond donors (Lipinski definition) is 0. The summed E-state index contributed by atoms with van der Waals surface area (Å²) in [5.41, 5.74) is 27.6. The van der Waals surface area contributed by atoms with Crippen LogP contribution in [0.5, 0.6) is 0 Å². The molecule has 5 heteroatoms. The third-order valence-corrected chi connectivity index (χ3v) is 24.9. The van der Waals surface area contributed by atoms with E-state index in [1.54, 1.807) is 0 Å². The lowest BCUT2D eigenvalue weighted by Crippen LogP contribution is -2.75. The first-order chi connectivity index (χ1) is 42.8. The minimum atomic E-state index is -3.03. The fourth-order valence-electron chi connectivity index (χ4n) is 15.3. The monoisotopic (exact) mass is 1180 g/mol. The van der Waals surface area contributed by atoms with E-state index in [4.69, 9.17) is 0 Å². The smallest absolute Gasteiger partial charge is 0.252 e. The summed E-state index contributed by atoms with van der Waals surface area (Å²) in [5, 5.41) is 8.12. The number of hydrogen-bond acceptors (Lipinski definition) is 2. The van der Waals surface area contributed by atoms with Gasteiger partial charge in [0.15, 0.2) is 8.07 Å². The second kappa shape index (κ2) is 22.7. The van der Waals surface area contributed by atoms with Crippen molar-refractivity contribution >= 4 is 108 Å². The average molecular weight is 1180 g/mol. The Morgan fingerprint density at radius 3 is 1.15 bits per heavy atom. The Balaban J connectivity index is 1.21. The number of nitrogens with zero attached hydrogens (tertiary/aromatic N) is 3. The Kier molecular flexibility index (Phi) is 15.3. The van der Waals surface area contributed by atoms with Gasteiger partial charge in [-0.2, -0.15) is 0 Å². The van der Waals surface area contributed by atoms with Crippen molar-refractivity contribution in [1.29, 1.82) is 0 Å². The van der Waals surface area contributed by atoms with Gasteiger partial charge >= 0.3 is 0 Å². The minimum Gasteiger partial charge on any atom is -0.311 e. The number of fused-ring (bicyclic) bond motifs is 7. The molecule has 0 aliphatic carbocycles. The van der Waals surface area contributed by atoms with Gasteiger partial charge in [0, 0.05) is 39.2 Å². The molecule has 3 heterocycles. The Morgan fingerprint density at radius 2 is 0.753 bits per heavy atom. The van der Waals surface area contributed by atoms with Crippen LogP contribution >= 0.6 is 0 Å². The molecule has 448 valence electrons. The van der Waals surface area contributed by atoms with Crippen molar-refractivity contribution in [1.82, 2.24) is 4.57 Å². The summed E-state index contributed by atoms with van der Waals surface area (Å²) in [6, 6.07) is 79.9. The molecule has 0 spiro atoms. The lowest BCUT2D eigenvalue weighted by Gasteiger charge is -2.47. The second-order valence-corrected chi connectivity index (χ2v) is 32.4. The van der Waals surface area contributed by atoms with Crippen LogP contribution in [0.4, 0.5) is 34.1 Å². The summed E-state index contributed by atoms with van der Waals surface area (Å²) in [6.07, 6.45) is 5.67. The normalized spacial score (nSPS) is 13.3. The largest absolute Gasteiger partial charge is 0.311 e. The van der Waals surface area contributed by atoms with Gasteiger partial charge in [0.05, 0.1) is 22.4 Å². The number of anilines is 6. The molecule has 89 heavy (non-hydrogen) atoms. The van der Waals surface area contributed by atoms with E-state index in [2.05, 4.69) is 318 Å². The first kappa shape index (κ1) is 59.8. The van der Waals surface area contributed by atoms with Crippen LogP contribution in [0.25, 0.3) is 27.5 Å². The molecule has 0 fully saturated rings. The molecule has 2 aliphatic heterocycles. The van der Waals surface area contributed by atoms with Gasteiger partial charge in [-0.15, -0.1) is 0 Å². The van der Waals surface area contributed by atoms with Crippen molar-refractivity contribution < 1.29 is 0 Å². The predicted octanol–water partition coefficient (Wildman–Crippen LogP) is 17.5. The zero-order valence-corrected chi connectivity index (χ0v) is 56.7. The molecule has 1 aromatic heterocycles. The van der Waals surface area contributed by atoms with E-state index in [-0.39, 0.29) is 23.0 Å². The summed E-state index contributed by atoms with van der Waals surface area (Å²) < 4.78 is 2.59. The van der Waals surface area contributed by atoms with Crippen LogP contribution in [-0.2, 0) is 54.8 Å². The van der Waals surface area contributed by atoms with Crippen molar-refractivity contribution in [2.75, 3.05) is 9.80 Å². The maximum absolute atomic E-state index is 3.03. The Labute approximate surface area is 533 Å². The highest BCUT2D eigenvalue weighted by Gasteiger charge is 2.48. The molecule has 11 aromatic rings. The summed E-state index contributed by atoms with van der Waals surface area (Å²) in [4.78, 5) is 5.56. The highest BCUT2D eigenvalue weighted by Crippen LogP contribution is 2.50. The molecular weight excluding hydrogens is 1090 g/mol. The molecule has 0 atom stereocenters. The maximum atomic E-state index is 2.79. The second-order valence-electron chi connectivity index (χ2n) is 28.6. The number of aromatic nitrogens is 1. The first-order valence-electron chi connectivity index (χ1n) is 33.4. The fourth-order valence-corrected chi connectivity index (χ4v) is 20.1. The molecule has 13 rings (SSSR count). The summed E-state index contributed by atoms with van der Waals surface area (Å²) >= 11 is 0. The molecule has 3 nitrogen and oxygen atoms in total. The van der Waals surface area contributed by atoms with Gasteiger partial charge in [-0.25, -0.2) is 0 Å². The van der Waals surface area contributed by atoms with E-state index < -0.39 is 8.07 Å². The molecule has 2 aliphatic rings. The lowest BCUT2D eigenvalue weighted by atomic mass is 9.33. The van der Waals surface area contributed by atoms with E-state index >= 15 is 0 Å². The SMILES string of the molecule is CCc1cc(CC)c(N2c3ccc([Si](c4ccccc4)(c4ccccc4)c4ccccc4)cc3B3c4ccc(-n5c6ccc(C(C)(C)C)cc6c6cc(C(C)(C)C)ccc65)cc4N(c4c(CC)cc(CC)cc4CC)c4cc(C(C)(C)C)cc2c43)c(CC)c1. The van der Waals surface area contributed by atoms with Crippen LogP contribution in [0, 0.1) is 0 Å². The number of aryl methyl sites for hydroxylation is 6. The quantitative estimate of drug-likeness (QED) is 0.0842. The van der Waals surface area contributed by atoms with Crippen LogP contribution in [0.15, 0.2) is 200 Å². The molecule has 0 amide bonds. The van der Waals surface area contributed by atoms with E-state index in [1.165, 1.54) is 149 Å². The summed E-state index contributed by atoms with van der Waals surface area (Å²) in [7, 11) is -3.03. The average Bonchev–Trinajstić information content (AvgIpc) is 1.05. The fraction of sp³-hybridized carbons (Fsp3) is 0.286. The number of benzene rings is 10. The Morgan fingerprint density at radius 1 is 0.337 bits per heavy atom. The molecule has 0 bridgehead atoms. The van der Waals surface area contributed by atoms with Gasteiger partial charge < -0.3 is 14.4 Å². The Hall–Kier alpha value is -8.12. The third kappa shape index (κ3) is 9.84.